The smallest absolute Gasteiger partial charge is 0.312 e. The third-order valence-electron chi connectivity index (χ3n) is 3.01. The summed E-state index contributed by atoms with van der Waals surface area (Å²) in [5.41, 5.74) is 0. The predicted octanol–water partition coefficient (Wildman–Crippen LogP) is 1.41. The SMILES string of the molecule is COC(Oc1ccccc1)[C@@H]1SCCN1C(=O)CC(=O)O. The van der Waals surface area contributed by atoms with Crippen molar-refractivity contribution in [2.75, 3.05) is 19.4 Å². The Morgan fingerprint density at radius 3 is 2.76 bits per heavy atom. The molecule has 1 heterocycles. The van der Waals surface area contributed by atoms with E-state index in [0.717, 1.165) is 5.75 Å². The van der Waals surface area contributed by atoms with Crippen molar-refractivity contribution in [3.63, 3.8) is 0 Å². The Hall–Kier alpha value is -1.73. The van der Waals surface area contributed by atoms with Crippen LogP contribution in [-0.2, 0) is 14.3 Å². The first-order valence-corrected chi connectivity index (χ1v) is 7.54. The first-order valence-electron chi connectivity index (χ1n) is 6.49. The van der Waals surface area contributed by atoms with Gasteiger partial charge in [-0.3, -0.25) is 9.59 Å². The van der Waals surface area contributed by atoms with Gasteiger partial charge in [0.05, 0.1) is 0 Å². The lowest BCUT2D eigenvalue weighted by molar-refractivity contribution is -0.148. The van der Waals surface area contributed by atoms with Gasteiger partial charge in [-0.05, 0) is 12.1 Å². The first kappa shape index (κ1) is 15.7. The van der Waals surface area contributed by atoms with Crippen LogP contribution < -0.4 is 4.74 Å². The number of carbonyl (C=O) groups excluding carboxylic acids is 1. The van der Waals surface area contributed by atoms with E-state index in [1.807, 2.05) is 18.2 Å². The van der Waals surface area contributed by atoms with Crippen molar-refractivity contribution in [1.29, 1.82) is 0 Å². The van der Waals surface area contributed by atoms with Crippen LogP contribution >= 0.6 is 11.8 Å². The summed E-state index contributed by atoms with van der Waals surface area (Å²) in [6, 6.07) is 9.17. The lowest BCUT2D eigenvalue weighted by Crippen LogP contribution is -2.45. The van der Waals surface area contributed by atoms with Gasteiger partial charge in [-0.15, -0.1) is 11.8 Å². The molecule has 1 aromatic rings. The maximum Gasteiger partial charge on any atom is 0.312 e. The van der Waals surface area contributed by atoms with E-state index >= 15 is 0 Å². The van der Waals surface area contributed by atoms with Gasteiger partial charge in [-0.2, -0.15) is 0 Å². The second kappa shape index (κ2) is 7.33. The van der Waals surface area contributed by atoms with Crippen LogP contribution in [0, 0.1) is 0 Å². The quantitative estimate of drug-likeness (QED) is 0.632. The van der Waals surface area contributed by atoms with Crippen LogP contribution in [0.4, 0.5) is 0 Å². The van der Waals surface area contributed by atoms with E-state index in [1.165, 1.54) is 23.8 Å². The lowest BCUT2D eigenvalue weighted by Gasteiger charge is -2.29. The number of nitrogens with zero attached hydrogens (tertiary/aromatic N) is 1. The summed E-state index contributed by atoms with van der Waals surface area (Å²) in [6.07, 6.45) is -1.16. The van der Waals surface area contributed by atoms with Crippen LogP contribution in [-0.4, -0.2) is 53.0 Å². The number of benzene rings is 1. The van der Waals surface area contributed by atoms with Crippen molar-refractivity contribution in [2.24, 2.45) is 0 Å². The van der Waals surface area contributed by atoms with Gasteiger partial charge < -0.3 is 19.5 Å². The lowest BCUT2D eigenvalue weighted by atomic mass is 10.3. The summed E-state index contributed by atoms with van der Waals surface area (Å²) in [5, 5.41) is 8.40. The summed E-state index contributed by atoms with van der Waals surface area (Å²) in [5.74, 6) is -0.180. The Morgan fingerprint density at radius 2 is 2.14 bits per heavy atom. The normalized spacial score (nSPS) is 19.3. The second-order valence-electron chi connectivity index (χ2n) is 4.45. The molecule has 21 heavy (non-hydrogen) atoms. The first-order chi connectivity index (χ1) is 10.1. The van der Waals surface area contributed by atoms with Crippen LogP contribution in [0.2, 0.25) is 0 Å². The molecule has 0 aromatic heterocycles. The van der Waals surface area contributed by atoms with Crippen molar-refractivity contribution in [2.45, 2.75) is 18.1 Å². The zero-order valence-electron chi connectivity index (χ0n) is 11.6. The van der Waals surface area contributed by atoms with Gasteiger partial charge in [0, 0.05) is 19.4 Å². The summed E-state index contributed by atoms with van der Waals surface area (Å²) in [7, 11) is 1.51. The van der Waals surface area contributed by atoms with E-state index in [4.69, 9.17) is 14.6 Å². The number of para-hydroxylation sites is 1. The number of thioether (sulfide) groups is 1. The van der Waals surface area contributed by atoms with E-state index in [0.29, 0.717) is 12.3 Å². The molecule has 1 aliphatic heterocycles. The standard InChI is InChI=1S/C14H17NO5S/c1-19-14(20-10-5-3-2-4-6-10)13-15(7-8-21-13)11(16)9-12(17)18/h2-6,13-14H,7-9H2,1H3,(H,17,18)/t13-,14?/m0/s1. The third-order valence-corrected chi connectivity index (χ3v) is 4.25. The van der Waals surface area contributed by atoms with Crippen LogP contribution in [0.3, 0.4) is 0 Å². The van der Waals surface area contributed by atoms with E-state index in [2.05, 4.69) is 0 Å². The molecule has 0 saturated carbocycles. The summed E-state index contributed by atoms with van der Waals surface area (Å²) >= 11 is 1.52. The fourth-order valence-corrected chi connectivity index (χ4v) is 3.34. The number of carbonyl (C=O) groups is 2. The molecule has 2 rings (SSSR count). The van der Waals surface area contributed by atoms with Crippen molar-refractivity contribution in [3.05, 3.63) is 30.3 Å². The number of methoxy groups -OCH3 is 1. The molecule has 1 amide bonds. The van der Waals surface area contributed by atoms with Gasteiger partial charge in [0.2, 0.25) is 12.2 Å². The monoisotopic (exact) mass is 311 g/mol. The Bertz CT molecular complexity index is 495. The Labute approximate surface area is 127 Å². The van der Waals surface area contributed by atoms with Crippen LogP contribution in [0.15, 0.2) is 30.3 Å². The number of aliphatic carboxylic acids is 1. The number of carboxylic acid groups (broad SMARTS) is 1. The molecule has 6 nitrogen and oxygen atoms in total. The third kappa shape index (κ3) is 4.12. The molecule has 2 atom stereocenters. The molecule has 1 fully saturated rings. The average molecular weight is 311 g/mol. The van der Waals surface area contributed by atoms with Crippen molar-refractivity contribution < 1.29 is 24.2 Å². The number of amides is 1. The van der Waals surface area contributed by atoms with Crippen molar-refractivity contribution in [1.82, 2.24) is 4.90 Å². The topological polar surface area (TPSA) is 76.1 Å². The molecule has 7 heteroatoms. The number of hydrogen-bond acceptors (Lipinski definition) is 5. The van der Waals surface area contributed by atoms with Gasteiger partial charge in [-0.25, -0.2) is 0 Å². The number of ether oxygens (including phenoxy) is 2. The molecular formula is C14H17NO5S. The number of carboxylic acids is 1. The highest BCUT2D eigenvalue weighted by molar-refractivity contribution is 8.00. The molecule has 1 aliphatic rings. The van der Waals surface area contributed by atoms with Gasteiger partial charge in [0.15, 0.2) is 0 Å². The summed E-state index contributed by atoms with van der Waals surface area (Å²) in [6.45, 7) is 0.499. The zero-order chi connectivity index (χ0) is 15.2. The zero-order valence-corrected chi connectivity index (χ0v) is 12.4. The minimum Gasteiger partial charge on any atom is -0.481 e. The summed E-state index contributed by atoms with van der Waals surface area (Å²) in [4.78, 5) is 24.2. The number of hydrogen-bond donors (Lipinski definition) is 1. The van der Waals surface area contributed by atoms with E-state index in [1.54, 1.807) is 12.1 Å². The van der Waals surface area contributed by atoms with Crippen molar-refractivity contribution in [3.8, 4) is 5.75 Å². The van der Waals surface area contributed by atoms with E-state index < -0.39 is 24.6 Å². The van der Waals surface area contributed by atoms with Gasteiger partial charge in [0.1, 0.15) is 17.5 Å². The van der Waals surface area contributed by atoms with E-state index in [-0.39, 0.29) is 5.37 Å². The highest BCUT2D eigenvalue weighted by atomic mass is 32.2. The Kier molecular flexibility index (Phi) is 5.46. The highest BCUT2D eigenvalue weighted by Crippen LogP contribution is 2.29. The maximum absolute atomic E-state index is 12.0. The minimum absolute atomic E-state index is 0.345. The Balaban J connectivity index is 2.05. The summed E-state index contributed by atoms with van der Waals surface area (Å²) < 4.78 is 11.1. The molecular weight excluding hydrogens is 294 g/mol. The van der Waals surface area contributed by atoms with Crippen LogP contribution in [0.25, 0.3) is 0 Å². The fraction of sp³-hybridized carbons (Fsp3) is 0.429. The Morgan fingerprint density at radius 1 is 1.43 bits per heavy atom. The molecule has 0 bridgehead atoms. The van der Waals surface area contributed by atoms with Gasteiger partial charge in [0.25, 0.3) is 0 Å². The molecule has 114 valence electrons. The van der Waals surface area contributed by atoms with Gasteiger partial charge in [-0.1, -0.05) is 18.2 Å². The van der Waals surface area contributed by atoms with E-state index in [9.17, 15) is 9.59 Å². The molecule has 1 unspecified atom stereocenters. The second-order valence-corrected chi connectivity index (χ2v) is 5.68. The van der Waals surface area contributed by atoms with Gasteiger partial charge >= 0.3 is 5.97 Å². The minimum atomic E-state index is -1.13. The molecule has 1 aromatic carbocycles. The molecule has 0 aliphatic carbocycles. The van der Waals surface area contributed by atoms with Crippen LogP contribution in [0.5, 0.6) is 5.75 Å². The molecule has 1 saturated heterocycles. The molecule has 0 spiro atoms. The largest absolute Gasteiger partial charge is 0.481 e. The number of rotatable bonds is 6. The van der Waals surface area contributed by atoms with Crippen LogP contribution in [0.1, 0.15) is 6.42 Å². The molecule has 0 radical (unpaired) electrons. The predicted molar refractivity (Wildman–Crippen MR) is 78.1 cm³/mol. The van der Waals surface area contributed by atoms with Crippen molar-refractivity contribution >= 4 is 23.6 Å². The fourth-order valence-electron chi connectivity index (χ4n) is 2.07. The highest BCUT2D eigenvalue weighted by Gasteiger charge is 2.37. The maximum atomic E-state index is 12.0. The molecule has 1 N–H and O–H groups in total. The average Bonchev–Trinajstić information content (AvgIpc) is 2.94.